The van der Waals surface area contributed by atoms with Gasteiger partial charge in [-0.05, 0) is 12.8 Å². The van der Waals surface area contributed by atoms with E-state index in [4.69, 9.17) is 9.47 Å². The predicted octanol–water partition coefficient (Wildman–Crippen LogP) is 6.35. The molecule has 0 unspecified atom stereocenters. The molecule has 0 aromatic carbocycles. The molecule has 0 heterocycles. The van der Waals surface area contributed by atoms with Crippen molar-refractivity contribution in [2.45, 2.75) is 117 Å². The summed E-state index contributed by atoms with van der Waals surface area (Å²) in [6, 6.07) is 0. The molecule has 0 atom stereocenters. The maximum absolute atomic E-state index is 11.6. The van der Waals surface area contributed by atoms with Crippen LogP contribution in [0.15, 0.2) is 0 Å². The van der Waals surface area contributed by atoms with Gasteiger partial charge >= 0.3 is 11.9 Å². The monoisotopic (exact) mass is 370 g/mol. The Morgan fingerprint density at radius 2 is 0.808 bits per heavy atom. The molecule has 4 heteroatoms. The molecule has 0 aromatic heterocycles. The minimum absolute atomic E-state index is 0.131. The second kappa shape index (κ2) is 20.3. The van der Waals surface area contributed by atoms with Crippen LogP contribution in [-0.4, -0.2) is 25.2 Å². The van der Waals surface area contributed by atoms with Crippen LogP contribution in [-0.2, 0) is 19.1 Å². The van der Waals surface area contributed by atoms with Crippen molar-refractivity contribution in [2.24, 2.45) is 0 Å². The van der Waals surface area contributed by atoms with E-state index in [0.717, 1.165) is 25.7 Å². The number of carbonyl (C=O) groups excluding carboxylic acids is 2. The molecule has 0 fully saturated rings. The molecule has 154 valence electrons. The summed E-state index contributed by atoms with van der Waals surface area (Å²) in [5.74, 6) is -0.576. The van der Waals surface area contributed by atoms with Gasteiger partial charge in [0.15, 0.2) is 0 Å². The number of rotatable bonds is 19. The molecule has 0 spiro atoms. The van der Waals surface area contributed by atoms with Crippen molar-refractivity contribution in [2.75, 3.05) is 13.2 Å². The van der Waals surface area contributed by atoms with Gasteiger partial charge in [0.1, 0.15) is 0 Å². The Morgan fingerprint density at radius 1 is 0.500 bits per heavy atom. The van der Waals surface area contributed by atoms with Crippen LogP contribution in [0.2, 0.25) is 0 Å². The van der Waals surface area contributed by atoms with E-state index >= 15 is 0 Å². The standard InChI is InChI=1S/C22H42O4/c1-3-5-7-9-11-13-15-19-25-21(23)17-18-22(24)26-20-16-14-12-10-8-6-4-2/h3-20H2,1-2H3. The molecule has 0 radical (unpaired) electrons. The number of unbranched alkanes of at least 4 members (excludes halogenated alkanes) is 12. The summed E-state index contributed by atoms with van der Waals surface area (Å²) in [5.41, 5.74) is 0. The minimum Gasteiger partial charge on any atom is -0.466 e. The molecule has 0 bridgehead atoms. The zero-order valence-corrected chi connectivity index (χ0v) is 17.4. The second-order valence-electron chi connectivity index (χ2n) is 7.18. The number of ether oxygens (including phenoxy) is 2. The van der Waals surface area contributed by atoms with Crippen molar-refractivity contribution >= 4 is 11.9 Å². The van der Waals surface area contributed by atoms with Gasteiger partial charge in [0.25, 0.3) is 0 Å². The number of esters is 2. The third-order valence-corrected chi connectivity index (χ3v) is 4.56. The molecule has 0 amide bonds. The Morgan fingerprint density at radius 3 is 1.15 bits per heavy atom. The van der Waals surface area contributed by atoms with E-state index in [2.05, 4.69) is 13.8 Å². The van der Waals surface area contributed by atoms with Crippen LogP contribution in [0.1, 0.15) is 117 Å². The molecule has 0 saturated heterocycles. The second-order valence-corrected chi connectivity index (χ2v) is 7.18. The molecule has 26 heavy (non-hydrogen) atoms. The van der Waals surface area contributed by atoms with Crippen LogP contribution >= 0.6 is 0 Å². The first-order valence-corrected chi connectivity index (χ1v) is 11.0. The molecule has 0 rings (SSSR count). The molecule has 4 nitrogen and oxygen atoms in total. The summed E-state index contributed by atoms with van der Waals surface area (Å²) in [5, 5.41) is 0. The highest BCUT2D eigenvalue weighted by Crippen LogP contribution is 2.08. The fraction of sp³-hybridized carbons (Fsp3) is 0.909. The zero-order chi connectivity index (χ0) is 19.3. The van der Waals surface area contributed by atoms with E-state index < -0.39 is 0 Å². The summed E-state index contributed by atoms with van der Waals surface area (Å²) in [6.07, 6.45) is 17.0. The SMILES string of the molecule is CCCCCCCCCOC(=O)CCC(=O)OCCCCCCCCC. The third-order valence-electron chi connectivity index (χ3n) is 4.56. The lowest BCUT2D eigenvalue weighted by Gasteiger charge is -2.06. The summed E-state index contributed by atoms with van der Waals surface area (Å²) in [4.78, 5) is 23.2. The summed E-state index contributed by atoms with van der Waals surface area (Å²) in [7, 11) is 0. The molecule has 0 aromatic rings. The van der Waals surface area contributed by atoms with Crippen molar-refractivity contribution in [1.82, 2.24) is 0 Å². The highest BCUT2D eigenvalue weighted by atomic mass is 16.5. The van der Waals surface area contributed by atoms with Gasteiger partial charge in [-0.3, -0.25) is 9.59 Å². The Kier molecular flexibility index (Phi) is 19.4. The van der Waals surface area contributed by atoms with Gasteiger partial charge in [0.2, 0.25) is 0 Å². The summed E-state index contributed by atoms with van der Waals surface area (Å²) < 4.78 is 10.3. The van der Waals surface area contributed by atoms with Gasteiger partial charge < -0.3 is 9.47 Å². The highest BCUT2D eigenvalue weighted by Gasteiger charge is 2.09. The first-order valence-electron chi connectivity index (χ1n) is 11.0. The van der Waals surface area contributed by atoms with E-state index in [0.29, 0.717) is 13.2 Å². The van der Waals surface area contributed by atoms with Crippen molar-refractivity contribution < 1.29 is 19.1 Å². The number of carbonyl (C=O) groups is 2. The zero-order valence-electron chi connectivity index (χ0n) is 17.4. The van der Waals surface area contributed by atoms with Crippen LogP contribution < -0.4 is 0 Å². The maximum Gasteiger partial charge on any atom is 0.306 e. The lowest BCUT2D eigenvalue weighted by Crippen LogP contribution is -2.11. The Bertz CT molecular complexity index is 296. The number of hydrogen-bond acceptors (Lipinski definition) is 4. The molecule has 0 aliphatic rings. The normalized spacial score (nSPS) is 10.7. The van der Waals surface area contributed by atoms with E-state index in [1.165, 1.54) is 64.2 Å². The third kappa shape index (κ3) is 19.3. The van der Waals surface area contributed by atoms with Crippen LogP contribution in [0.25, 0.3) is 0 Å². The fourth-order valence-corrected chi connectivity index (χ4v) is 2.84. The van der Waals surface area contributed by atoms with Crippen LogP contribution in [0.5, 0.6) is 0 Å². The molecule has 0 aliphatic carbocycles. The molecular weight excluding hydrogens is 328 g/mol. The largest absolute Gasteiger partial charge is 0.466 e. The molecular formula is C22H42O4. The van der Waals surface area contributed by atoms with E-state index in [1.807, 2.05) is 0 Å². The number of hydrogen-bond donors (Lipinski definition) is 0. The van der Waals surface area contributed by atoms with Crippen LogP contribution in [0.4, 0.5) is 0 Å². The average molecular weight is 371 g/mol. The maximum atomic E-state index is 11.6. The summed E-state index contributed by atoms with van der Waals surface area (Å²) in [6.45, 7) is 5.37. The highest BCUT2D eigenvalue weighted by molar-refractivity contribution is 5.77. The van der Waals surface area contributed by atoms with Gasteiger partial charge in [0, 0.05) is 0 Å². The lowest BCUT2D eigenvalue weighted by molar-refractivity contribution is -0.150. The van der Waals surface area contributed by atoms with Crippen molar-refractivity contribution in [3.05, 3.63) is 0 Å². The predicted molar refractivity (Wildman–Crippen MR) is 107 cm³/mol. The van der Waals surface area contributed by atoms with E-state index in [-0.39, 0.29) is 24.8 Å². The Balaban J connectivity index is 3.33. The molecule has 0 saturated carbocycles. The smallest absolute Gasteiger partial charge is 0.306 e. The summed E-state index contributed by atoms with van der Waals surface area (Å²) >= 11 is 0. The first kappa shape index (κ1) is 24.9. The van der Waals surface area contributed by atoms with Crippen LogP contribution in [0.3, 0.4) is 0 Å². The molecule has 0 aliphatic heterocycles. The van der Waals surface area contributed by atoms with Crippen molar-refractivity contribution in [3.63, 3.8) is 0 Å². The van der Waals surface area contributed by atoms with Crippen molar-refractivity contribution in [1.29, 1.82) is 0 Å². The van der Waals surface area contributed by atoms with Gasteiger partial charge in [-0.2, -0.15) is 0 Å². The van der Waals surface area contributed by atoms with Crippen molar-refractivity contribution in [3.8, 4) is 0 Å². The Labute approximate surface area is 161 Å². The fourth-order valence-electron chi connectivity index (χ4n) is 2.84. The topological polar surface area (TPSA) is 52.6 Å². The Hall–Kier alpha value is -1.06. The first-order chi connectivity index (χ1) is 12.7. The van der Waals surface area contributed by atoms with E-state index in [1.54, 1.807) is 0 Å². The van der Waals surface area contributed by atoms with Crippen LogP contribution in [0, 0.1) is 0 Å². The minimum atomic E-state index is -0.288. The molecule has 0 N–H and O–H groups in total. The van der Waals surface area contributed by atoms with Gasteiger partial charge in [-0.1, -0.05) is 90.9 Å². The van der Waals surface area contributed by atoms with Gasteiger partial charge in [-0.25, -0.2) is 0 Å². The van der Waals surface area contributed by atoms with Gasteiger partial charge in [0.05, 0.1) is 26.1 Å². The lowest BCUT2D eigenvalue weighted by atomic mass is 10.1. The average Bonchev–Trinajstić information content (AvgIpc) is 2.64. The van der Waals surface area contributed by atoms with E-state index in [9.17, 15) is 9.59 Å². The quantitative estimate of drug-likeness (QED) is 0.196. The van der Waals surface area contributed by atoms with Gasteiger partial charge in [-0.15, -0.1) is 0 Å².